The number of hydrogen-bond donors (Lipinski definition) is 1. The molecule has 20 heavy (non-hydrogen) atoms. The third-order valence-electron chi connectivity index (χ3n) is 2.21. The lowest BCUT2D eigenvalue weighted by Crippen LogP contribution is -1.97. The fourth-order valence-electron chi connectivity index (χ4n) is 1.36. The van der Waals surface area contributed by atoms with Gasteiger partial charge in [0.05, 0.1) is 27.1 Å². The van der Waals surface area contributed by atoms with Crippen LogP contribution in [0.25, 0.3) is 0 Å². The fraction of sp³-hybridized carbons (Fsp3) is 0. The fourth-order valence-corrected chi connectivity index (χ4v) is 2.20. The van der Waals surface area contributed by atoms with Crippen molar-refractivity contribution in [2.45, 2.75) is 0 Å². The minimum atomic E-state index is -0.596. The van der Waals surface area contributed by atoms with Gasteiger partial charge in [0.25, 0.3) is 5.69 Å². The summed E-state index contributed by atoms with van der Waals surface area (Å²) < 4.78 is 5.98. The van der Waals surface area contributed by atoms with E-state index in [4.69, 9.17) is 33.7 Å². The van der Waals surface area contributed by atoms with Crippen molar-refractivity contribution in [3.63, 3.8) is 0 Å². The first kappa shape index (κ1) is 14.8. The van der Waals surface area contributed by atoms with E-state index >= 15 is 0 Å². The first-order valence-corrected chi connectivity index (χ1v) is 6.66. The summed E-state index contributed by atoms with van der Waals surface area (Å²) in [6.45, 7) is 0. The molecule has 2 aromatic rings. The Labute approximate surface area is 131 Å². The summed E-state index contributed by atoms with van der Waals surface area (Å²) in [7, 11) is 0. The van der Waals surface area contributed by atoms with Gasteiger partial charge in [-0.1, -0.05) is 23.2 Å². The van der Waals surface area contributed by atoms with Crippen LogP contribution in [0.2, 0.25) is 10.0 Å². The summed E-state index contributed by atoms with van der Waals surface area (Å²) in [5.41, 5.74) is 5.25. The molecule has 0 amide bonds. The minimum Gasteiger partial charge on any atom is -0.437 e. The number of pyridine rings is 1. The number of anilines is 1. The second-order valence-electron chi connectivity index (χ2n) is 3.64. The zero-order valence-electron chi connectivity index (χ0n) is 9.64. The first-order valence-electron chi connectivity index (χ1n) is 5.11. The Kier molecular flexibility index (Phi) is 4.32. The third-order valence-corrected chi connectivity index (χ3v) is 3.70. The van der Waals surface area contributed by atoms with Crippen LogP contribution in [0.15, 0.2) is 28.7 Å². The Bertz CT molecular complexity index is 697. The van der Waals surface area contributed by atoms with Gasteiger partial charge in [0.2, 0.25) is 5.88 Å². The molecule has 1 heterocycles. The summed E-state index contributed by atoms with van der Waals surface area (Å²) in [6, 6.07) is 5.27. The van der Waals surface area contributed by atoms with Gasteiger partial charge < -0.3 is 10.5 Å². The number of rotatable bonds is 3. The number of nitro groups is 1. The Morgan fingerprint density at radius 3 is 2.60 bits per heavy atom. The lowest BCUT2D eigenvalue weighted by Gasteiger charge is -2.08. The standard InChI is InChI=1S/C11H6BrCl2N3O3/c12-6-3-8(14)9(4-7(6)13)20-11-2-5(17(18)19)1-10(15)16-11/h1-4H,(H2,15,16). The van der Waals surface area contributed by atoms with Crippen molar-refractivity contribution in [3.05, 3.63) is 48.9 Å². The van der Waals surface area contributed by atoms with Crippen molar-refractivity contribution in [2.24, 2.45) is 0 Å². The highest BCUT2D eigenvalue weighted by Crippen LogP contribution is 2.36. The molecular formula is C11H6BrCl2N3O3. The predicted octanol–water partition coefficient (Wildman–Crippen LogP) is 4.43. The largest absolute Gasteiger partial charge is 0.437 e. The van der Waals surface area contributed by atoms with Crippen LogP contribution >= 0.6 is 39.1 Å². The summed E-state index contributed by atoms with van der Waals surface area (Å²) in [5, 5.41) is 11.4. The zero-order chi connectivity index (χ0) is 14.9. The van der Waals surface area contributed by atoms with Crippen LogP contribution in [-0.4, -0.2) is 9.91 Å². The van der Waals surface area contributed by atoms with Gasteiger partial charge in [-0.15, -0.1) is 0 Å². The lowest BCUT2D eigenvalue weighted by atomic mass is 10.3. The number of hydrogen-bond acceptors (Lipinski definition) is 5. The molecule has 2 N–H and O–H groups in total. The minimum absolute atomic E-state index is 0.0338. The maximum absolute atomic E-state index is 10.7. The van der Waals surface area contributed by atoms with Crippen molar-refractivity contribution in [3.8, 4) is 11.6 Å². The molecule has 104 valence electrons. The molecule has 0 spiro atoms. The Morgan fingerprint density at radius 2 is 1.95 bits per heavy atom. The van der Waals surface area contributed by atoms with Gasteiger partial charge in [0, 0.05) is 10.5 Å². The van der Waals surface area contributed by atoms with Crippen molar-refractivity contribution in [1.29, 1.82) is 0 Å². The van der Waals surface area contributed by atoms with E-state index in [2.05, 4.69) is 20.9 Å². The van der Waals surface area contributed by atoms with Crippen molar-refractivity contribution in [2.75, 3.05) is 5.73 Å². The molecule has 1 aromatic carbocycles. The van der Waals surface area contributed by atoms with Crippen LogP contribution in [0.4, 0.5) is 11.5 Å². The van der Waals surface area contributed by atoms with E-state index in [1.807, 2.05) is 0 Å². The maximum atomic E-state index is 10.7. The molecule has 0 bridgehead atoms. The highest BCUT2D eigenvalue weighted by atomic mass is 79.9. The number of nitrogens with two attached hydrogens (primary N) is 1. The summed E-state index contributed by atoms with van der Waals surface area (Å²) in [4.78, 5) is 14.0. The van der Waals surface area contributed by atoms with Crippen molar-refractivity contribution < 1.29 is 9.66 Å². The van der Waals surface area contributed by atoms with Crippen molar-refractivity contribution >= 4 is 50.6 Å². The molecule has 0 fully saturated rings. The molecule has 0 saturated heterocycles. The molecule has 9 heteroatoms. The van der Waals surface area contributed by atoms with E-state index < -0.39 is 4.92 Å². The highest BCUT2D eigenvalue weighted by Gasteiger charge is 2.13. The second-order valence-corrected chi connectivity index (χ2v) is 5.31. The number of aromatic nitrogens is 1. The average Bonchev–Trinajstić information content (AvgIpc) is 2.35. The van der Waals surface area contributed by atoms with E-state index in [1.165, 1.54) is 6.07 Å². The van der Waals surface area contributed by atoms with E-state index in [0.29, 0.717) is 9.50 Å². The van der Waals surface area contributed by atoms with Gasteiger partial charge in [-0.05, 0) is 22.0 Å². The van der Waals surface area contributed by atoms with E-state index in [1.54, 1.807) is 6.07 Å². The zero-order valence-corrected chi connectivity index (χ0v) is 12.7. The molecule has 0 aliphatic carbocycles. The normalized spacial score (nSPS) is 10.3. The molecule has 0 saturated carbocycles. The smallest absolute Gasteiger partial charge is 0.278 e. The van der Waals surface area contributed by atoms with E-state index in [0.717, 1.165) is 12.1 Å². The Morgan fingerprint density at radius 1 is 1.25 bits per heavy atom. The highest BCUT2D eigenvalue weighted by molar-refractivity contribution is 9.10. The quantitative estimate of drug-likeness (QED) is 0.484. The van der Waals surface area contributed by atoms with Gasteiger partial charge in [0.1, 0.15) is 11.6 Å². The van der Waals surface area contributed by atoms with Crippen molar-refractivity contribution in [1.82, 2.24) is 4.98 Å². The topological polar surface area (TPSA) is 91.3 Å². The molecule has 0 unspecified atom stereocenters. The second kappa shape index (κ2) is 5.82. The summed E-state index contributed by atoms with van der Waals surface area (Å²) in [5.74, 6) is 0.137. The first-order chi connectivity index (χ1) is 9.36. The molecule has 2 rings (SSSR count). The van der Waals surface area contributed by atoms with Gasteiger partial charge in [-0.2, -0.15) is 4.98 Å². The summed E-state index contributed by atoms with van der Waals surface area (Å²) >= 11 is 15.1. The molecular weight excluding hydrogens is 373 g/mol. The average molecular weight is 379 g/mol. The number of halogens is 3. The third kappa shape index (κ3) is 3.30. The number of ether oxygens (including phenoxy) is 1. The van der Waals surface area contributed by atoms with E-state index in [9.17, 15) is 10.1 Å². The van der Waals surface area contributed by atoms with Crippen LogP contribution < -0.4 is 10.5 Å². The molecule has 1 aromatic heterocycles. The number of nitrogen functional groups attached to an aromatic ring is 1. The SMILES string of the molecule is Nc1cc([N+](=O)[O-])cc(Oc2cc(Cl)c(Br)cc2Cl)n1. The van der Waals surface area contributed by atoms with Gasteiger partial charge in [-0.3, -0.25) is 10.1 Å². The molecule has 0 aliphatic heterocycles. The van der Waals surface area contributed by atoms with Crippen LogP contribution in [0.5, 0.6) is 11.6 Å². The molecule has 0 radical (unpaired) electrons. The number of benzene rings is 1. The maximum Gasteiger partial charge on any atom is 0.278 e. The predicted molar refractivity (Wildman–Crippen MR) is 79.5 cm³/mol. The molecule has 6 nitrogen and oxygen atoms in total. The van der Waals surface area contributed by atoms with Crippen LogP contribution in [0, 0.1) is 10.1 Å². The lowest BCUT2D eigenvalue weighted by molar-refractivity contribution is -0.384. The Balaban J connectivity index is 2.40. The van der Waals surface area contributed by atoms with Gasteiger partial charge in [-0.25, -0.2) is 0 Å². The molecule has 0 atom stereocenters. The van der Waals surface area contributed by atoms with Gasteiger partial charge >= 0.3 is 0 Å². The van der Waals surface area contributed by atoms with Crippen LogP contribution in [-0.2, 0) is 0 Å². The number of nitrogens with zero attached hydrogens (tertiary/aromatic N) is 2. The Hall–Kier alpha value is -1.57. The van der Waals surface area contributed by atoms with Crippen LogP contribution in [0.1, 0.15) is 0 Å². The monoisotopic (exact) mass is 377 g/mol. The van der Waals surface area contributed by atoms with E-state index in [-0.39, 0.29) is 28.2 Å². The van der Waals surface area contributed by atoms with Gasteiger partial charge in [0.15, 0.2) is 0 Å². The molecule has 0 aliphatic rings. The summed E-state index contributed by atoms with van der Waals surface area (Å²) in [6.07, 6.45) is 0. The van der Waals surface area contributed by atoms with Crippen LogP contribution in [0.3, 0.4) is 0 Å².